The highest BCUT2D eigenvalue weighted by Crippen LogP contribution is 2.31. The normalized spacial score (nSPS) is 11.7. The zero-order valence-electron chi connectivity index (χ0n) is 17.4. The van der Waals surface area contributed by atoms with Crippen LogP contribution in [0.15, 0.2) is 18.2 Å². The second kappa shape index (κ2) is 8.41. The molecule has 1 aromatic carbocycles. The van der Waals surface area contributed by atoms with Crippen LogP contribution in [0.5, 0.6) is 11.5 Å². The van der Waals surface area contributed by atoms with E-state index in [9.17, 15) is 14.4 Å². The Morgan fingerprint density at radius 3 is 1.74 bits per heavy atom. The number of esters is 1. The summed E-state index contributed by atoms with van der Waals surface area (Å²) < 4.78 is 10.4. The molecule has 0 spiro atoms. The van der Waals surface area contributed by atoms with Gasteiger partial charge in [0.05, 0.1) is 7.11 Å². The number of carbonyl (C=O) groups excluding carboxylic acids is 3. The van der Waals surface area contributed by atoms with Crippen molar-refractivity contribution in [2.75, 3.05) is 7.11 Å². The third-order valence-corrected chi connectivity index (χ3v) is 3.69. The quantitative estimate of drug-likeness (QED) is 0.467. The Bertz CT molecular complexity index is 686. The standard InChI is InChI=1S/C20H30N2O5/c1-12(23)27-14-10-9-13(11-15(14)26-8)16(21-17(24)19(2,3)4)22-18(25)20(5,6)7/h9-11,16H,1-8H3,(H,21,24)(H,22,25). The van der Waals surface area contributed by atoms with E-state index in [2.05, 4.69) is 10.6 Å². The first-order chi connectivity index (χ1) is 12.3. The molecule has 1 aromatic rings. The number of amides is 2. The van der Waals surface area contributed by atoms with Crippen LogP contribution in [0.1, 0.15) is 60.2 Å². The zero-order chi connectivity index (χ0) is 21.0. The molecule has 0 radical (unpaired) electrons. The van der Waals surface area contributed by atoms with Gasteiger partial charge in [-0.05, 0) is 17.7 Å². The average molecular weight is 378 g/mol. The molecule has 0 aliphatic heterocycles. The molecule has 0 atom stereocenters. The number of benzene rings is 1. The van der Waals surface area contributed by atoms with Crippen molar-refractivity contribution in [1.82, 2.24) is 10.6 Å². The first kappa shape index (κ1) is 22.5. The molecule has 0 saturated heterocycles. The molecule has 150 valence electrons. The van der Waals surface area contributed by atoms with E-state index in [-0.39, 0.29) is 17.6 Å². The Morgan fingerprint density at radius 1 is 0.889 bits per heavy atom. The van der Waals surface area contributed by atoms with E-state index in [4.69, 9.17) is 9.47 Å². The number of rotatable bonds is 5. The van der Waals surface area contributed by atoms with Crippen molar-refractivity contribution >= 4 is 17.8 Å². The summed E-state index contributed by atoms with van der Waals surface area (Å²) in [5, 5.41) is 5.71. The molecule has 0 aliphatic rings. The molecular weight excluding hydrogens is 348 g/mol. The van der Waals surface area contributed by atoms with Gasteiger partial charge in [0.2, 0.25) is 11.8 Å². The summed E-state index contributed by atoms with van der Waals surface area (Å²) in [7, 11) is 1.45. The van der Waals surface area contributed by atoms with Crippen LogP contribution < -0.4 is 20.1 Å². The minimum absolute atomic E-state index is 0.218. The molecule has 0 heterocycles. The van der Waals surface area contributed by atoms with Gasteiger partial charge in [0.1, 0.15) is 6.17 Å². The van der Waals surface area contributed by atoms with Crippen LogP contribution in [0, 0.1) is 10.8 Å². The van der Waals surface area contributed by atoms with Gasteiger partial charge in [-0.3, -0.25) is 14.4 Å². The van der Waals surface area contributed by atoms with Crippen molar-refractivity contribution in [2.45, 2.75) is 54.6 Å². The van der Waals surface area contributed by atoms with Crippen LogP contribution in [0.3, 0.4) is 0 Å². The molecule has 0 fully saturated rings. The fourth-order valence-corrected chi connectivity index (χ4v) is 2.00. The fourth-order valence-electron chi connectivity index (χ4n) is 2.00. The van der Waals surface area contributed by atoms with Gasteiger partial charge in [0, 0.05) is 17.8 Å². The summed E-state index contributed by atoms with van der Waals surface area (Å²) >= 11 is 0. The van der Waals surface area contributed by atoms with Crippen LogP contribution in [0.25, 0.3) is 0 Å². The van der Waals surface area contributed by atoms with Crippen LogP contribution in [-0.2, 0) is 14.4 Å². The van der Waals surface area contributed by atoms with Crippen LogP contribution >= 0.6 is 0 Å². The van der Waals surface area contributed by atoms with Crippen molar-refractivity contribution in [3.05, 3.63) is 23.8 Å². The smallest absolute Gasteiger partial charge is 0.308 e. The molecule has 7 nitrogen and oxygen atoms in total. The Kier molecular flexibility index (Phi) is 7.00. The van der Waals surface area contributed by atoms with E-state index >= 15 is 0 Å². The van der Waals surface area contributed by atoms with Crippen LogP contribution in [0.2, 0.25) is 0 Å². The highest BCUT2D eigenvalue weighted by molar-refractivity contribution is 5.84. The summed E-state index contributed by atoms with van der Waals surface area (Å²) in [6.45, 7) is 12.0. The van der Waals surface area contributed by atoms with Crippen molar-refractivity contribution < 1.29 is 23.9 Å². The summed E-state index contributed by atoms with van der Waals surface area (Å²) in [5.41, 5.74) is -0.670. The lowest BCUT2D eigenvalue weighted by Crippen LogP contribution is -2.47. The first-order valence-electron chi connectivity index (χ1n) is 8.74. The SMILES string of the molecule is COc1cc(C(NC(=O)C(C)(C)C)NC(=O)C(C)(C)C)ccc1OC(C)=O. The second-order valence-corrected chi connectivity index (χ2v) is 8.38. The van der Waals surface area contributed by atoms with Gasteiger partial charge < -0.3 is 20.1 Å². The number of hydrogen-bond acceptors (Lipinski definition) is 5. The molecule has 0 saturated carbocycles. The minimum atomic E-state index is -0.760. The van der Waals surface area contributed by atoms with E-state index in [1.807, 2.05) is 0 Å². The average Bonchev–Trinajstić information content (AvgIpc) is 2.52. The lowest BCUT2D eigenvalue weighted by Gasteiger charge is -2.28. The number of hydrogen-bond donors (Lipinski definition) is 2. The van der Waals surface area contributed by atoms with Crippen LogP contribution in [-0.4, -0.2) is 24.9 Å². The van der Waals surface area contributed by atoms with Crippen LogP contribution in [0.4, 0.5) is 0 Å². The third-order valence-electron chi connectivity index (χ3n) is 3.69. The summed E-state index contributed by atoms with van der Waals surface area (Å²) in [6, 6.07) is 4.85. The number of ether oxygens (including phenoxy) is 2. The van der Waals surface area contributed by atoms with Gasteiger partial charge >= 0.3 is 5.97 Å². The lowest BCUT2D eigenvalue weighted by molar-refractivity contribution is -0.133. The van der Waals surface area contributed by atoms with E-state index in [0.717, 1.165) is 0 Å². The van der Waals surface area contributed by atoms with Gasteiger partial charge in [-0.15, -0.1) is 0 Å². The Balaban J connectivity index is 3.26. The Hall–Kier alpha value is -2.57. The molecular formula is C20H30N2O5. The van der Waals surface area contributed by atoms with E-state index in [0.29, 0.717) is 11.3 Å². The highest BCUT2D eigenvalue weighted by Gasteiger charge is 2.29. The van der Waals surface area contributed by atoms with Crippen molar-refractivity contribution in [1.29, 1.82) is 0 Å². The van der Waals surface area contributed by atoms with E-state index in [1.165, 1.54) is 14.0 Å². The zero-order valence-corrected chi connectivity index (χ0v) is 17.4. The maximum Gasteiger partial charge on any atom is 0.308 e. The Labute approximate surface area is 160 Å². The van der Waals surface area contributed by atoms with Gasteiger partial charge in [0.25, 0.3) is 0 Å². The van der Waals surface area contributed by atoms with E-state index < -0.39 is 23.0 Å². The topological polar surface area (TPSA) is 93.7 Å². The molecule has 27 heavy (non-hydrogen) atoms. The van der Waals surface area contributed by atoms with Gasteiger partial charge in [-0.25, -0.2) is 0 Å². The first-order valence-corrected chi connectivity index (χ1v) is 8.74. The molecule has 1 rings (SSSR count). The van der Waals surface area contributed by atoms with Gasteiger partial charge in [-0.1, -0.05) is 47.6 Å². The van der Waals surface area contributed by atoms with Crippen molar-refractivity contribution in [2.24, 2.45) is 10.8 Å². The predicted molar refractivity (Wildman–Crippen MR) is 102 cm³/mol. The molecule has 2 amide bonds. The van der Waals surface area contributed by atoms with Gasteiger partial charge in [-0.2, -0.15) is 0 Å². The van der Waals surface area contributed by atoms with Crippen molar-refractivity contribution in [3.8, 4) is 11.5 Å². The minimum Gasteiger partial charge on any atom is -0.493 e. The van der Waals surface area contributed by atoms with Crippen molar-refractivity contribution in [3.63, 3.8) is 0 Å². The maximum absolute atomic E-state index is 12.5. The predicted octanol–water partition coefficient (Wildman–Crippen LogP) is 2.94. The summed E-state index contributed by atoms with van der Waals surface area (Å²) in [4.78, 5) is 36.2. The maximum atomic E-state index is 12.5. The molecule has 0 aliphatic carbocycles. The summed E-state index contributed by atoms with van der Waals surface area (Å²) in [5.74, 6) is -0.325. The largest absolute Gasteiger partial charge is 0.493 e. The Morgan fingerprint density at radius 2 is 1.37 bits per heavy atom. The molecule has 0 aromatic heterocycles. The van der Waals surface area contributed by atoms with Gasteiger partial charge in [0.15, 0.2) is 11.5 Å². The second-order valence-electron chi connectivity index (χ2n) is 8.38. The highest BCUT2D eigenvalue weighted by atomic mass is 16.6. The number of carbonyl (C=O) groups is 3. The fraction of sp³-hybridized carbons (Fsp3) is 0.550. The monoisotopic (exact) mass is 378 g/mol. The molecule has 7 heteroatoms. The summed E-state index contributed by atoms with van der Waals surface area (Å²) in [6.07, 6.45) is -0.760. The van der Waals surface area contributed by atoms with E-state index in [1.54, 1.807) is 59.7 Å². The molecule has 2 N–H and O–H groups in total. The number of methoxy groups -OCH3 is 1. The molecule has 0 bridgehead atoms. The number of nitrogens with one attached hydrogen (secondary N) is 2. The lowest BCUT2D eigenvalue weighted by atomic mass is 9.94. The third kappa shape index (κ3) is 6.58. The molecule has 0 unspecified atom stereocenters.